The zero-order chi connectivity index (χ0) is 46.0. The molecule has 3 N–H and O–H groups in total. The number of hydrogen-bond acceptors (Lipinski definition) is 17. The van der Waals surface area contributed by atoms with Crippen molar-refractivity contribution >= 4 is 39.9 Å². The van der Waals surface area contributed by atoms with Crippen molar-refractivity contribution in [1.29, 1.82) is 0 Å². The average molecular weight is 899 g/mol. The van der Waals surface area contributed by atoms with Crippen LogP contribution in [0, 0.1) is 0 Å². The first-order valence-corrected chi connectivity index (χ1v) is 19.1. The lowest BCUT2D eigenvalue weighted by Crippen LogP contribution is -2.09. The van der Waals surface area contributed by atoms with E-state index in [0.29, 0.717) is 59.9 Å². The Morgan fingerprint density at radius 3 is 1.52 bits per heavy atom. The Morgan fingerprint density at radius 2 is 1.03 bits per heavy atom. The number of nitrogens with one attached hydrogen (secondary N) is 2. The molecular formula is C42H32F6N12O5. The van der Waals surface area contributed by atoms with Crippen LogP contribution in [0.2, 0.25) is 0 Å². The van der Waals surface area contributed by atoms with Gasteiger partial charge in [0.15, 0.2) is 45.9 Å². The predicted molar refractivity (Wildman–Crippen MR) is 219 cm³/mol. The molecular weight excluding hydrogens is 867 g/mol. The Hall–Kier alpha value is -8.37. The van der Waals surface area contributed by atoms with Crippen molar-refractivity contribution < 1.29 is 50.5 Å². The summed E-state index contributed by atoms with van der Waals surface area (Å²) in [4.78, 5) is 52.2. The third-order valence-corrected chi connectivity index (χ3v) is 8.79. The molecule has 6 aromatic heterocycles. The number of nitrogens with zero attached hydrogens (tertiary/aromatic N) is 10. The highest BCUT2D eigenvalue weighted by atomic mass is 19.4. The van der Waals surface area contributed by atoms with Crippen molar-refractivity contribution in [1.82, 2.24) is 49.8 Å². The summed E-state index contributed by atoms with van der Waals surface area (Å²) in [6.45, 7) is 2.15. The molecule has 332 valence electrons. The van der Waals surface area contributed by atoms with Gasteiger partial charge in [0.05, 0.1) is 11.1 Å². The van der Waals surface area contributed by atoms with E-state index in [1.54, 1.807) is 36.8 Å². The molecule has 0 atom stereocenters. The number of hydrogen-bond donors (Lipinski definition) is 3. The van der Waals surface area contributed by atoms with Crippen LogP contribution in [0.3, 0.4) is 0 Å². The summed E-state index contributed by atoms with van der Waals surface area (Å²) in [5.74, 6) is -0.199. The van der Waals surface area contributed by atoms with Gasteiger partial charge in [-0.25, -0.2) is 49.8 Å². The standard InChI is InChI=1S/C22H17F3N6O3.C20H15F3N6O2/c1-13(32)33-17-10-14(4-6-28-20-19-21(31-12-30-20)29-9-8-27-19)2-3-16(17)34-18-11-15(5-7-26-18)22(23,24)25;21-20(22,23)13-4-6-24-16(10-13)31-15-2-1-12(9-14(15)30)3-5-26-18-17-19(29-11-28-18)27-8-7-25-17/h2-3,5,7-12H,4,6H2,1H3,(H,28,29,30,31);1-2,4,6-11,30H,3,5H2,(H,26,27,28,29). The number of carbonyl (C=O) groups excluding carboxylic acids is 1. The van der Waals surface area contributed by atoms with Gasteiger partial charge >= 0.3 is 18.3 Å². The number of benzene rings is 2. The van der Waals surface area contributed by atoms with E-state index in [0.717, 1.165) is 47.8 Å². The van der Waals surface area contributed by atoms with E-state index in [4.69, 9.17) is 14.2 Å². The number of fused-ring (bicyclic) bond motifs is 2. The number of pyridine rings is 2. The molecule has 0 saturated heterocycles. The fourth-order valence-corrected chi connectivity index (χ4v) is 5.84. The number of aromatic hydroxyl groups is 1. The highest BCUT2D eigenvalue weighted by molar-refractivity contribution is 5.82. The second kappa shape index (κ2) is 19.8. The number of halogens is 6. The maximum absolute atomic E-state index is 13.0. The summed E-state index contributed by atoms with van der Waals surface area (Å²) in [7, 11) is 0. The number of anilines is 2. The maximum atomic E-state index is 13.0. The lowest BCUT2D eigenvalue weighted by molar-refractivity contribution is -0.138. The number of ether oxygens (including phenoxy) is 3. The van der Waals surface area contributed by atoms with E-state index in [1.165, 1.54) is 44.0 Å². The van der Waals surface area contributed by atoms with Crippen LogP contribution in [-0.2, 0) is 30.0 Å². The molecule has 23 heteroatoms. The Bertz CT molecular complexity index is 2940. The minimum Gasteiger partial charge on any atom is -0.504 e. The van der Waals surface area contributed by atoms with Crippen molar-refractivity contribution in [3.8, 4) is 34.8 Å². The summed E-state index contributed by atoms with van der Waals surface area (Å²) in [5.41, 5.74) is 1.77. The van der Waals surface area contributed by atoms with Crippen LogP contribution >= 0.6 is 0 Å². The molecule has 8 aromatic rings. The van der Waals surface area contributed by atoms with Gasteiger partial charge in [0.25, 0.3) is 0 Å². The molecule has 0 unspecified atom stereocenters. The first kappa shape index (κ1) is 44.7. The minimum absolute atomic E-state index is 0.000558. The lowest BCUT2D eigenvalue weighted by atomic mass is 10.1. The number of rotatable bonds is 13. The second-order valence-corrected chi connectivity index (χ2v) is 13.4. The van der Waals surface area contributed by atoms with E-state index in [1.807, 2.05) is 0 Å². The van der Waals surface area contributed by atoms with E-state index in [2.05, 4.69) is 60.5 Å². The Kier molecular flexibility index (Phi) is 13.6. The molecule has 2 aromatic carbocycles. The van der Waals surface area contributed by atoms with Crippen LogP contribution in [0.1, 0.15) is 29.2 Å². The molecule has 0 aliphatic heterocycles. The van der Waals surface area contributed by atoms with E-state index in [9.17, 15) is 36.2 Å². The number of alkyl halides is 6. The van der Waals surface area contributed by atoms with Crippen molar-refractivity contribution in [2.45, 2.75) is 32.1 Å². The van der Waals surface area contributed by atoms with Gasteiger partial charge in [0, 0.05) is 69.3 Å². The van der Waals surface area contributed by atoms with Gasteiger partial charge in [0.2, 0.25) is 11.8 Å². The molecule has 0 fully saturated rings. The number of esters is 1. The molecule has 0 amide bonds. The monoisotopic (exact) mass is 898 g/mol. The smallest absolute Gasteiger partial charge is 0.416 e. The molecule has 0 spiro atoms. The topological polar surface area (TPSA) is 218 Å². The molecule has 65 heavy (non-hydrogen) atoms. The third-order valence-electron chi connectivity index (χ3n) is 8.79. The normalized spacial score (nSPS) is 11.4. The fourth-order valence-electron chi connectivity index (χ4n) is 5.84. The van der Waals surface area contributed by atoms with E-state index >= 15 is 0 Å². The van der Waals surface area contributed by atoms with Gasteiger partial charge in [0.1, 0.15) is 23.7 Å². The average Bonchev–Trinajstić information content (AvgIpc) is 3.28. The first-order valence-electron chi connectivity index (χ1n) is 19.1. The molecule has 0 aliphatic rings. The Morgan fingerprint density at radius 1 is 0.554 bits per heavy atom. The van der Waals surface area contributed by atoms with Crippen LogP contribution in [0.25, 0.3) is 22.3 Å². The van der Waals surface area contributed by atoms with Crippen molar-refractivity contribution in [2.24, 2.45) is 0 Å². The summed E-state index contributed by atoms with van der Waals surface area (Å²) in [6.07, 6.45) is 2.90. The summed E-state index contributed by atoms with van der Waals surface area (Å²) in [6, 6.07) is 12.6. The number of phenols is 1. The Labute approximate surface area is 363 Å². The van der Waals surface area contributed by atoms with Gasteiger partial charge in [-0.3, -0.25) is 4.79 Å². The SMILES string of the molecule is CC(=O)Oc1cc(CCNc2ncnc3nccnc23)ccc1Oc1cc(C(F)(F)F)ccn1.Oc1cc(CCNc2ncnc3nccnc23)ccc1Oc1cc(C(F)(F)F)ccn1. The van der Waals surface area contributed by atoms with Crippen molar-refractivity contribution in [3.05, 3.63) is 133 Å². The quantitative estimate of drug-likeness (QED) is 0.0564. The van der Waals surface area contributed by atoms with E-state index < -0.39 is 29.4 Å². The zero-order valence-electron chi connectivity index (χ0n) is 33.5. The highest BCUT2D eigenvalue weighted by Gasteiger charge is 2.32. The molecule has 0 radical (unpaired) electrons. The molecule has 0 saturated carbocycles. The predicted octanol–water partition coefficient (Wildman–Crippen LogP) is 8.19. The highest BCUT2D eigenvalue weighted by Crippen LogP contribution is 2.37. The van der Waals surface area contributed by atoms with Crippen LogP contribution in [0.5, 0.6) is 34.8 Å². The van der Waals surface area contributed by atoms with Gasteiger partial charge in [-0.05, 0) is 60.4 Å². The van der Waals surface area contributed by atoms with Crippen LogP contribution in [0.4, 0.5) is 38.0 Å². The fraction of sp³-hybridized carbons (Fsp3) is 0.167. The summed E-state index contributed by atoms with van der Waals surface area (Å²) in [5, 5.41) is 16.5. The third kappa shape index (κ3) is 12.0. The van der Waals surface area contributed by atoms with Gasteiger partial charge < -0.3 is 30.0 Å². The van der Waals surface area contributed by atoms with Crippen LogP contribution < -0.4 is 24.8 Å². The number of aromatic nitrogens is 10. The molecule has 8 rings (SSSR count). The Balaban J connectivity index is 0.000000195. The largest absolute Gasteiger partial charge is 0.504 e. The molecule has 6 heterocycles. The van der Waals surface area contributed by atoms with Gasteiger partial charge in [-0.15, -0.1) is 0 Å². The van der Waals surface area contributed by atoms with Crippen LogP contribution in [-0.4, -0.2) is 74.0 Å². The molecule has 0 aliphatic carbocycles. The molecule has 0 bridgehead atoms. The first-order chi connectivity index (χ1) is 31.2. The van der Waals surface area contributed by atoms with Gasteiger partial charge in [-0.2, -0.15) is 26.3 Å². The second-order valence-electron chi connectivity index (χ2n) is 13.4. The minimum atomic E-state index is -4.54. The zero-order valence-corrected chi connectivity index (χ0v) is 33.5. The molecule has 17 nitrogen and oxygen atoms in total. The van der Waals surface area contributed by atoms with Crippen LogP contribution in [0.15, 0.2) is 110 Å². The summed E-state index contributed by atoms with van der Waals surface area (Å²) >= 11 is 0. The number of phenolic OH excluding ortho intramolecular Hbond substituents is 1. The lowest BCUT2D eigenvalue weighted by Gasteiger charge is -2.13. The van der Waals surface area contributed by atoms with Crippen molar-refractivity contribution in [2.75, 3.05) is 23.7 Å². The van der Waals surface area contributed by atoms with Crippen molar-refractivity contribution in [3.63, 3.8) is 0 Å². The summed E-state index contributed by atoms with van der Waals surface area (Å²) < 4.78 is 93.3. The van der Waals surface area contributed by atoms with E-state index in [-0.39, 0.29) is 34.8 Å². The maximum Gasteiger partial charge on any atom is 0.416 e. The number of carbonyl (C=O) groups is 1. The van der Waals surface area contributed by atoms with Gasteiger partial charge in [-0.1, -0.05) is 12.1 Å².